The zero-order valence-corrected chi connectivity index (χ0v) is 12.0. The Hall–Kier alpha value is -1.36. The number of aromatic nitrogens is 2. The molecule has 1 aromatic heterocycles. The topological polar surface area (TPSA) is 56.1 Å². The van der Waals surface area contributed by atoms with E-state index in [-0.39, 0.29) is 5.97 Å². The van der Waals surface area contributed by atoms with Gasteiger partial charge in [-0.1, -0.05) is 13.3 Å². The van der Waals surface area contributed by atoms with Crippen molar-refractivity contribution in [2.24, 2.45) is 13.0 Å². The van der Waals surface area contributed by atoms with Crippen LogP contribution in [0.2, 0.25) is 0 Å². The molecule has 1 aliphatic carbocycles. The lowest BCUT2D eigenvalue weighted by Gasteiger charge is -2.07. The van der Waals surface area contributed by atoms with Crippen LogP contribution in [0.15, 0.2) is 6.20 Å². The highest BCUT2D eigenvalue weighted by Gasteiger charge is 2.35. The molecule has 0 spiro atoms. The highest BCUT2D eigenvalue weighted by molar-refractivity contribution is 5.90. The normalized spacial score (nSPS) is 21.4. The van der Waals surface area contributed by atoms with Crippen molar-refractivity contribution < 1.29 is 9.53 Å². The van der Waals surface area contributed by atoms with E-state index >= 15 is 0 Å². The number of hydrogen-bond donors (Lipinski definition) is 1. The molecule has 0 radical (unpaired) electrons. The molecular weight excluding hydrogens is 242 g/mol. The molecule has 1 heterocycles. The van der Waals surface area contributed by atoms with Gasteiger partial charge in [-0.2, -0.15) is 5.10 Å². The van der Waals surface area contributed by atoms with Crippen LogP contribution >= 0.6 is 0 Å². The zero-order chi connectivity index (χ0) is 13.8. The van der Waals surface area contributed by atoms with Crippen molar-refractivity contribution in [2.45, 2.75) is 45.7 Å². The van der Waals surface area contributed by atoms with Crippen LogP contribution in [0.5, 0.6) is 0 Å². The van der Waals surface area contributed by atoms with Gasteiger partial charge in [-0.15, -0.1) is 0 Å². The van der Waals surface area contributed by atoms with E-state index < -0.39 is 0 Å². The number of carbonyl (C=O) groups is 1. The lowest BCUT2D eigenvalue weighted by Crippen LogP contribution is -2.21. The molecule has 0 amide bonds. The fourth-order valence-corrected chi connectivity index (χ4v) is 2.47. The van der Waals surface area contributed by atoms with Crippen LogP contribution in [0.4, 0.5) is 0 Å². The maximum atomic E-state index is 11.8. The third-order valence-electron chi connectivity index (χ3n) is 3.67. The lowest BCUT2D eigenvalue weighted by atomic mass is 10.2. The van der Waals surface area contributed by atoms with E-state index in [4.69, 9.17) is 4.74 Å². The molecule has 1 aliphatic rings. The first-order valence-corrected chi connectivity index (χ1v) is 7.08. The van der Waals surface area contributed by atoms with Crippen molar-refractivity contribution in [1.29, 1.82) is 0 Å². The van der Waals surface area contributed by atoms with Gasteiger partial charge in [0.2, 0.25) is 0 Å². The van der Waals surface area contributed by atoms with Crippen LogP contribution in [0, 0.1) is 5.92 Å². The third kappa shape index (κ3) is 3.35. The summed E-state index contributed by atoms with van der Waals surface area (Å²) in [5.41, 5.74) is 1.48. The first kappa shape index (κ1) is 14.1. The number of hydrogen-bond acceptors (Lipinski definition) is 4. The largest absolute Gasteiger partial charge is 0.462 e. The van der Waals surface area contributed by atoms with Crippen molar-refractivity contribution in [1.82, 2.24) is 15.1 Å². The second-order valence-electron chi connectivity index (χ2n) is 5.12. The van der Waals surface area contributed by atoms with Gasteiger partial charge in [0, 0.05) is 19.6 Å². The van der Waals surface area contributed by atoms with Crippen molar-refractivity contribution in [3.05, 3.63) is 17.5 Å². The van der Waals surface area contributed by atoms with E-state index in [2.05, 4.69) is 17.3 Å². The van der Waals surface area contributed by atoms with E-state index in [9.17, 15) is 4.79 Å². The van der Waals surface area contributed by atoms with Crippen molar-refractivity contribution >= 4 is 5.97 Å². The van der Waals surface area contributed by atoms with Crippen LogP contribution in [0.1, 0.15) is 49.2 Å². The lowest BCUT2D eigenvalue weighted by molar-refractivity contribution is 0.0524. The predicted octanol–water partition coefficient (Wildman–Crippen LogP) is 1.87. The number of aryl methyl sites for hydroxylation is 1. The SMILES string of the molecule is CCCC1CC1NCc1c(C(=O)OCC)cnn1C. The predicted molar refractivity (Wildman–Crippen MR) is 72.8 cm³/mol. The van der Waals surface area contributed by atoms with Gasteiger partial charge < -0.3 is 10.1 Å². The quantitative estimate of drug-likeness (QED) is 0.765. The Bertz CT molecular complexity index is 442. The number of ether oxygens (including phenoxy) is 1. The molecular formula is C14H23N3O2. The fourth-order valence-electron chi connectivity index (χ4n) is 2.47. The van der Waals surface area contributed by atoms with Crippen LogP contribution in [-0.4, -0.2) is 28.4 Å². The summed E-state index contributed by atoms with van der Waals surface area (Å²) in [6.45, 7) is 5.10. The summed E-state index contributed by atoms with van der Waals surface area (Å²) < 4.78 is 6.79. The van der Waals surface area contributed by atoms with Gasteiger partial charge in [0.05, 0.1) is 18.5 Å². The third-order valence-corrected chi connectivity index (χ3v) is 3.67. The molecule has 0 aliphatic heterocycles. The molecule has 1 saturated carbocycles. The molecule has 0 bridgehead atoms. The Morgan fingerprint density at radius 3 is 3.05 bits per heavy atom. The smallest absolute Gasteiger partial charge is 0.341 e. The molecule has 2 rings (SSSR count). The average Bonchev–Trinajstić information content (AvgIpc) is 3.01. The second-order valence-corrected chi connectivity index (χ2v) is 5.12. The monoisotopic (exact) mass is 265 g/mol. The summed E-state index contributed by atoms with van der Waals surface area (Å²) in [6.07, 6.45) is 5.36. The molecule has 2 atom stereocenters. The van der Waals surface area contributed by atoms with Crippen molar-refractivity contribution in [3.8, 4) is 0 Å². The maximum absolute atomic E-state index is 11.8. The number of carbonyl (C=O) groups excluding carboxylic acids is 1. The van der Waals surface area contributed by atoms with Gasteiger partial charge in [0.25, 0.3) is 0 Å². The van der Waals surface area contributed by atoms with E-state index in [1.165, 1.54) is 19.3 Å². The van der Waals surface area contributed by atoms with Gasteiger partial charge in [0.15, 0.2) is 0 Å². The molecule has 1 N–H and O–H groups in total. The van der Waals surface area contributed by atoms with Gasteiger partial charge in [-0.3, -0.25) is 4.68 Å². The van der Waals surface area contributed by atoms with Crippen LogP contribution in [-0.2, 0) is 18.3 Å². The maximum Gasteiger partial charge on any atom is 0.341 e. The Labute approximate surface area is 114 Å². The summed E-state index contributed by atoms with van der Waals surface area (Å²) in [6, 6.07) is 0.602. The van der Waals surface area contributed by atoms with Gasteiger partial charge >= 0.3 is 5.97 Å². The molecule has 5 nitrogen and oxygen atoms in total. The molecule has 106 valence electrons. The van der Waals surface area contributed by atoms with Crippen molar-refractivity contribution in [3.63, 3.8) is 0 Å². The van der Waals surface area contributed by atoms with Crippen LogP contribution in [0.3, 0.4) is 0 Å². The highest BCUT2D eigenvalue weighted by atomic mass is 16.5. The highest BCUT2D eigenvalue weighted by Crippen LogP contribution is 2.34. The number of rotatable bonds is 7. The fraction of sp³-hybridized carbons (Fsp3) is 0.714. The van der Waals surface area contributed by atoms with Crippen LogP contribution < -0.4 is 5.32 Å². The molecule has 0 aromatic carbocycles. The van der Waals surface area contributed by atoms with Gasteiger partial charge in [-0.05, 0) is 25.7 Å². The number of nitrogens with one attached hydrogen (secondary N) is 1. The minimum absolute atomic E-state index is 0.284. The number of esters is 1. The van der Waals surface area contributed by atoms with E-state index in [1.807, 2.05) is 14.0 Å². The van der Waals surface area contributed by atoms with E-state index in [0.29, 0.717) is 24.8 Å². The van der Waals surface area contributed by atoms with Crippen LogP contribution in [0.25, 0.3) is 0 Å². The first-order valence-electron chi connectivity index (χ1n) is 7.08. The molecule has 19 heavy (non-hydrogen) atoms. The summed E-state index contributed by atoms with van der Waals surface area (Å²) in [7, 11) is 1.86. The Morgan fingerprint density at radius 1 is 1.58 bits per heavy atom. The summed E-state index contributed by atoms with van der Waals surface area (Å²) in [4.78, 5) is 11.8. The Balaban J connectivity index is 1.93. The zero-order valence-electron chi connectivity index (χ0n) is 12.0. The summed E-state index contributed by atoms with van der Waals surface area (Å²) in [5.74, 6) is 0.526. The van der Waals surface area contributed by atoms with Gasteiger partial charge in [0.1, 0.15) is 5.56 Å². The Kier molecular flexibility index (Phi) is 4.58. The minimum atomic E-state index is -0.284. The first-order chi connectivity index (χ1) is 9.17. The molecule has 0 saturated heterocycles. The second kappa shape index (κ2) is 6.19. The molecule has 5 heteroatoms. The minimum Gasteiger partial charge on any atom is -0.462 e. The molecule has 2 unspecified atom stereocenters. The van der Waals surface area contributed by atoms with Gasteiger partial charge in [-0.25, -0.2) is 4.79 Å². The summed E-state index contributed by atoms with van der Waals surface area (Å²) in [5, 5.41) is 7.65. The standard InChI is InChI=1S/C14H23N3O2/c1-4-6-10-7-12(10)15-9-13-11(8-16-17(13)3)14(18)19-5-2/h8,10,12,15H,4-7,9H2,1-3H3. The number of nitrogens with zero attached hydrogens (tertiary/aromatic N) is 2. The van der Waals surface area contributed by atoms with E-state index in [1.54, 1.807) is 10.9 Å². The molecule has 1 aromatic rings. The summed E-state index contributed by atoms with van der Waals surface area (Å²) >= 11 is 0. The van der Waals surface area contributed by atoms with E-state index in [0.717, 1.165) is 11.6 Å². The Morgan fingerprint density at radius 2 is 2.37 bits per heavy atom. The average molecular weight is 265 g/mol. The van der Waals surface area contributed by atoms with Crippen molar-refractivity contribution in [2.75, 3.05) is 6.61 Å². The molecule has 1 fully saturated rings.